The summed E-state index contributed by atoms with van der Waals surface area (Å²) in [5.74, 6) is 2.25. The molecular weight excluding hydrogens is 328 g/mol. The van der Waals surface area contributed by atoms with Gasteiger partial charge in [0.25, 0.3) is 5.91 Å². The van der Waals surface area contributed by atoms with Crippen LogP contribution in [0.15, 0.2) is 24.3 Å². The van der Waals surface area contributed by atoms with Crippen molar-refractivity contribution in [3.63, 3.8) is 0 Å². The van der Waals surface area contributed by atoms with Crippen LogP contribution < -0.4 is 4.74 Å². The quantitative estimate of drug-likeness (QED) is 0.784. The molecule has 142 valence electrons. The Bertz CT molecular complexity index is 643. The van der Waals surface area contributed by atoms with Gasteiger partial charge in [0.05, 0.1) is 13.7 Å². The lowest BCUT2D eigenvalue weighted by molar-refractivity contribution is 0.0530. The number of hydrogen-bond donors (Lipinski definition) is 0. The van der Waals surface area contributed by atoms with Gasteiger partial charge in [-0.15, -0.1) is 0 Å². The second-order valence-electron chi connectivity index (χ2n) is 8.44. The highest BCUT2D eigenvalue weighted by molar-refractivity contribution is 5.94. The third-order valence-corrected chi connectivity index (χ3v) is 6.36. The number of hydrogen-bond acceptors (Lipinski definition) is 4. The van der Waals surface area contributed by atoms with Crippen LogP contribution >= 0.6 is 0 Å². The van der Waals surface area contributed by atoms with E-state index in [4.69, 9.17) is 9.47 Å². The Morgan fingerprint density at radius 2 is 1.96 bits per heavy atom. The summed E-state index contributed by atoms with van der Waals surface area (Å²) in [7, 11) is 3.83. The minimum absolute atomic E-state index is 0.136. The van der Waals surface area contributed by atoms with E-state index >= 15 is 0 Å². The van der Waals surface area contributed by atoms with Gasteiger partial charge in [0.2, 0.25) is 0 Å². The van der Waals surface area contributed by atoms with E-state index in [2.05, 4.69) is 11.9 Å². The molecule has 1 aromatic rings. The van der Waals surface area contributed by atoms with Crippen LogP contribution in [0.3, 0.4) is 0 Å². The lowest BCUT2D eigenvalue weighted by atomic mass is 9.77. The van der Waals surface area contributed by atoms with Crippen LogP contribution in [0.1, 0.15) is 29.6 Å². The number of likely N-dealkylation sites (tertiary alicyclic amines) is 2. The van der Waals surface area contributed by atoms with Gasteiger partial charge in [0, 0.05) is 49.7 Å². The second-order valence-corrected chi connectivity index (χ2v) is 8.44. The Kier molecular flexibility index (Phi) is 4.93. The van der Waals surface area contributed by atoms with Gasteiger partial charge in [-0.25, -0.2) is 0 Å². The summed E-state index contributed by atoms with van der Waals surface area (Å²) < 4.78 is 11.2. The zero-order valence-electron chi connectivity index (χ0n) is 15.9. The van der Waals surface area contributed by atoms with E-state index < -0.39 is 0 Å². The molecule has 1 spiro atoms. The monoisotopic (exact) mass is 358 g/mol. The van der Waals surface area contributed by atoms with Gasteiger partial charge in [-0.1, -0.05) is 0 Å². The minimum Gasteiger partial charge on any atom is -0.497 e. The van der Waals surface area contributed by atoms with Crippen molar-refractivity contribution in [1.29, 1.82) is 0 Å². The van der Waals surface area contributed by atoms with E-state index in [0.29, 0.717) is 5.92 Å². The first-order chi connectivity index (χ1) is 12.6. The summed E-state index contributed by atoms with van der Waals surface area (Å²) in [5.41, 5.74) is 0.941. The van der Waals surface area contributed by atoms with Crippen LogP contribution in [-0.2, 0) is 4.74 Å². The summed E-state index contributed by atoms with van der Waals surface area (Å²) in [5, 5.41) is 0. The largest absolute Gasteiger partial charge is 0.497 e. The van der Waals surface area contributed by atoms with Crippen LogP contribution in [0.25, 0.3) is 0 Å². The molecule has 0 radical (unpaired) electrons. The van der Waals surface area contributed by atoms with Crippen molar-refractivity contribution >= 4 is 5.91 Å². The van der Waals surface area contributed by atoms with Gasteiger partial charge >= 0.3 is 0 Å². The Morgan fingerprint density at radius 3 is 2.65 bits per heavy atom. The Labute approximate surface area is 156 Å². The number of amides is 1. The molecule has 1 aliphatic carbocycles. The standard InChI is InChI=1S/C21H30N2O3/c1-22-11-18(13-26-12-16-3-4-16)21(14-22)9-10-23(15-21)20(24)17-5-7-19(25-2)8-6-17/h5-8,16,18H,3-4,9-15H2,1-2H3/t18-,21+/m0/s1. The number of carbonyl (C=O) groups is 1. The normalized spacial score (nSPS) is 28.8. The fourth-order valence-corrected chi connectivity index (χ4v) is 4.64. The molecule has 0 N–H and O–H groups in total. The molecule has 0 aromatic heterocycles. The minimum atomic E-state index is 0.136. The first kappa shape index (κ1) is 17.8. The Balaban J connectivity index is 1.40. The van der Waals surface area contributed by atoms with Crippen molar-refractivity contribution in [1.82, 2.24) is 9.80 Å². The highest BCUT2D eigenvalue weighted by Crippen LogP contribution is 2.44. The van der Waals surface area contributed by atoms with Gasteiger partial charge in [0.15, 0.2) is 0 Å². The third kappa shape index (κ3) is 3.60. The van der Waals surface area contributed by atoms with E-state index in [0.717, 1.165) is 63.0 Å². The molecule has 2 saturated heterocycles. The van der Waals surface area contributed by atoms with E-state index in [9.17, 15) is 4.79 Å². The molecule has 2 aliphatic heterocycles. The van der Waals surface area contributed by atoms with E-state index in [-0.39, 0.29) is 11.3 Å². The number of ether oxygens (including phenoxy) is 2. The number of carbonyl (C=O) groups excluding carboxylic acids is 1. The van der Waals surface area contributed by atoms with E-state index in [1.807, 2.05) is 29.2 Å². The first-order valence-electron chi connectivity index (χ1n) is 9.79. The molecule has 1 saturated carbocycles. The zero-order chi connectivity index (χ0) is 18.1. The second kappa shape index (κ2) is 7.20. The van der Waals surface area contributed by atoms with Crippen molar-refractivity contribution in [2.75, 3.05) is 53.6 Å². The summed E-state index contributed by atoms with van der Waals surface area (Å²) in [4.78, 5) is 17.4. The molecule has 1 aromatic carbocycles. The average Bonchev–Trinajstić information content (AvgIpc) is 3.30. The van der Waals surface area contributed by atoms with Crippen molar-refractivity contribution in [3.05, 3.63) is 29.8 Å². The Morgan fingerprint density at radius 1 is 1.19 bits per heavy atom. The molecule has 3 fully saturated rings. The maximum Gasteiger partial charge on any atom is 0.253 e. The predicted octanol–water partition coefficient (Wildman–Crippen LogP) is 2.52. The highest BCUT2D eigenvalue weighted by atomic mass is 16.5. The molecule has 1 amide bonds. The molecule has 2 atom stereocenters. The molecule has 0 bridgehead atoms. The zero-order valence-corrected chi connectivity index (χ0v) is 15.9. The summed E-state index contributed by atoms with van der Waals surface area (Å²) in [6.45, 7) is 5.60. The van der Waals surface area contributed by atoms with Gasteiger partial charge < -0.3 is 19.3 Å². The topological polar surface area (TPSA) is 42.0 Å². The van der Waals surface area contributed by atoms with Crippen molar-refractivity contribution < 1.29 is 14.3 Å². The van der Waals surface area contributed by atoms with Crippen molar-refractivity contribution in [2.24, 2.45) is 17.3 Å². The van der Waals surface area contributed by atoms with E-state index in [1.54, 1.807) is 7.11 Å². The van der Waals surface area contributed by atoms with Crippen LogP contribution in [0, 0.1) is 17.3 Å². The van der Waals surface area contributed by atoms with Crippen molar-refractivity contribution in [2.45, 2.75) is 19.3 Å². The number of methoxy groups -OCH3 is 1. The van der Waals surface area contributed by atoms with E-state index in [1.165, 1.54) is 12.8 Å². The van der Waals surface area contributed by atoms with Gasteiger partial charge in [-0.2, -0.15) is 0 Å². The molecule has 2 heterocycles. The predicted molar refractivity (Wildman–Crippen MR) is 100 cm³/mol. The first-order valence-corrected chi connectivity index (χ1v) is 9.79. The summed E-state index contributed by atoms with van der Waals surface area (Å²) in [6.07, 6.45) is 3.75. The third-order valence-electron chi connectivity index (χ3n) is 6.36. The lowest BCUT2D eigenvalue weighted by Crippen LogP contribution is -2.38. The number of nitrogens with zero attached hydrogens (tertiary/aromatic N) is 2. The van der Waals surface area contributed by atoms with Crippen LogP contribution in [0.5, 0.6) is 5.75 Å². The lowest BCUT2D eigenvalue weighted by Gasteiger charge is -2.30. The maximum absolute atomic E-state index is 12.9. The van der Waals surface area contributed by atoms with Crippen LogP contribution in [0.2, 0.25) is 0 Å². The smallest absolute Gasteiger partial charge is 0.253 e. The maximum atomic E-state index is 12.9. The fourth-order valence-electron chi connectivity index (χ4n) is 4.64. The SMILES string of the molecule is COc1ccc(C(=O)N2CC[C@@]3(CN(C)C[C@H]3COCC3CC3)C2)cc1. The molecule has 26 heavy (non-hydrogen) atoms. The van der Waals surface area contributed by atoms with Gasteiger partial charge in [0.1, 0.15) is 5.75 Å². The van der Waals surface area contributed by atoms with Crippen LogP contribution in [0.4, 0.5) is 0 Å². The Hall–Kier alpha value is -1.59. The summed E-state index contributed by atoms with van der Waals surface area (Å²) >= 11 is 0. The fraction of sp³-hybridized carbons (Fsp3) is 0.667. The average molecular weight is 358 g/mol. The molecule has 3 aliphatic rings. The molecule has 5 heteroatoms. The number of rotatable bonds is 6. The van der Waals surface area contributed by atoms with Gasteiger partial charge in [-0.05, 0) is 56.5 Å². The van der Waals surface area contributed by atoms with Crippen molar-refractivity contribution in [3.8, 4) is 5.75 Å². The summed E-state index contributed by atoms with van der Waals surface area (Å²) in [6, 6.07) is 7.44. The number of benzene rings is 1. The molecule has 4 rings (SSSR count). The van der Waals surface area contributed by atoms with Crippen LogP contribution in [-0.4, -0.2) is 69.3 Å². The molecule has 0 unspecified atom stereocenters. The van der Waals surface area contributed by atoms with Gasteiger partial charge in [-0.3, -0.25) is 4.79 Å². The highest BCUT2D eigenvalue weighted by Gasteiger charge is 2.50. The molecule has 5 nitrogen and oxygen atoms in total. The molecular formula is C21H30N2O3.